The van der Waals surface area contributed by atoms with Crippen molar-refractivity contribution in [2.75, 3.05) is 7.11 Å². The Morgan fingerprint density at radius 3 is 2.56 bits per heavy atom. The largest absolute Gasteiger partial charge is 0.509 e. The van der Waals surface area contributed by atoms with Gasteiger partial charge in [-0.25, -0.2) is 4.79 Å². The van der Waals surface area contributed by atoms with Crippen LogP contribution < -0.4 is 0 Å². The number of methoxy groups -OCH3 is 1. The molecule has 0 spiro atoms. The summed E-state index contributed by atoms with van der Waals surface area (Å²) in [5.74, 6) is 5.94. The minimum Gasteiger partial charge on any atom is -0.438 e. The van der Waals surface area contributed by atoms with Crippen LogP contribution in [0, 0.1) is 11.8 Å². The van der Waals surface area contributed by atoms with Gasteiger partial charge in [-0.1, -0.05) is 42.2 Å². The summed E-state index contributed by atoms with van der Waals surface area (Å²) in [6.45, 7) is 3.47. The lowest BCUT2D eigenvalue weighted by Crippen LogP contribution is -2.26. The molecule has 0 radical (unpaired) electrons. The van der Waals surface area contributed by atoms with Crippen molar-refractivity contribution in [3.05, 3.63) is 35.9 Å². The van der Waals surface area contributed by atoms with Crippen molar-refractivity contribution in [3.63, 3.8) is 0 Å². The molecular weight excluding hydrogens is 228 g/mol. The van der Waals surface area contributed by atoms with Crippen LogP contribution >= 0.6 is 0 Å². The Kier molecular flexibility index (Phi) is 5.26. The molecule has 0 aliphatic rings. The lowest BCUT2D eigenvalue weighted by Gasteiger charge is -2.17. The van der Waals surface area contributed by atoms with Gasteiger partial charge in [-0.05, 0) is 25.8 Å². The maximum absolute atomic E-state index is 11.0. The van der Waals surface area contributed by atoms with Crippen molar-refractivity contribution < 1.29 is 14.3 Å². The molecule has 0 heterocycles. The van der Waals surface area contributed by atoms with E-state index in [0.29, 0.717) is 0 Å². The van der Waals surface area contributed by atoms with Crippen molar-refractivity contribution >= 4 is 6.16 Å². The summed E-state index contributed by atoms with van der Waals surface area (Å²) >= 11 is 0. The first-order valence-corrected chi connectivity index (χ1v) is 5.84. The monoisotopic (exact) mass is 246 g/mol. The van der Waals surface area contributed by atoms with E-state index in [1.807, 2.05) is 18.2 Å². The van der Waals surface area contributed by atoms with Gasteiger partial charge in [0.1, 0.15) is 0 Å². The van der Waals surface area contributed by atoms with Gasteiger partial charge in [-0.2, -0.15) is 0 Å². The first kappa shape index (κ1) is 14.1. The summed E-state index contributed by atoms with van der Waals surface area (Å²) in [5, 5.41) is 0. The third kappa shape index (κ3) is 5.40. The maximum Gasteiger partial charge on any atom is 0.509 e. The van der Waals surface area contributed by atoms with E-state index >= 15 is 0 Å². The van der Waals surface area contributed by atoms with Gasteiger partial charge in [0.15, 0.2) is 5.60 Å². The lowest BCUT2D eigenvalue weighted by atomic mass is 10.1. The van der Waals surface area contributed by atoms with Crippen molar-refractivity contribution in [3.8, 4) is 11.8 Å². The van der Waals surface area contributed by atoms with Gasteiger partial charge in [0.05, 0.1) is 7.11 Å². The van der Waals surface area contributed by atoms with Gasteiger partial charge >= 0.3 is 6.16 Å². The SMILES string of the molecule is COC(=O)OC(C)(C)C#CCCc1ccccc1. The summed E-state index contributed by atoms with van der Waals surface area (Å²) in [6, 6.07) is 10.1. The highest BCUT2D eigenvalue weighted by molar-refractivity contribution is 5.60. The highest BCUT2D eigenvalue weighted by Crippen LogP contribution is 2.09. The Bertz CT molecular complexity index is 438. The molecule has 3 heteroatoms. The van der Waals surface area contributed by atoms with E-state index in [0.717, 1.165) is 12.8 Å². The van der Waals surface area contributed by atoms with Crippen molar-refractivity contribution in [1.82, 2.24) is 0 Å². The Hall–Kier alpha value is -1.95. The van der Waals surface area contributed by atoms with Crippen LogP contribution in [0.5, 0.6) is 0 Å². The van der Waals surface area contributed by atoms with Gasteiger partial charge < -0.3 is 9.47 Å². The molecule has 0 bridgehead atoms. The number of carbonyl (C=O) groups is 1. The minimum atomic E-state index is -0.816. The van der Waals surface area contributed by atoms with Gasteiger partial charge in [-0.15, -0.1) is 0 Å². The third-order valence-corrected chi connectivity index (χ3v) is 2.28. The lowest BCUT2D eigenvalue weighted by molar-refractivity contribution is 0.0221. The predicted octanol–water partition coefficient (Wildman–Crippen LogP) is 3.18. The summed E-state index contributed by atoms with van der Waals surface area (Å²) in [4.78, 5) is 11.0. The molecule has 0 atom stereocenters. The molecule has 1 aromatic rings. The van der Waals surface area contributed by atoms with E-state index < -0.39 is 11.8 Å². The second-order valence-corrected chi connectivity index (χ2v) is 4.35. The molecule has 0 amide bonds. The summed E-state index contributed by atoms with van der Waals surface area (Å²) in [5.41, 5.74) is 0.433. The molecule has 1 aromatic carbocycles. The van der Waals surface area contributed by atoms with Gasteiger partial charge in [0, 0.05) is 6.42 Å². The van der Waals surface area contributed by atoms with E-state index in [1.165, 1.54) is 12.7 Å². The molecule has 0 saturated carbocycles. The molecule has 0 N–H and O–H groups in total. The summed E-state index contributed by atoms with van der Waals surface area (Å²) < 4.78 is 9.44. The van der Waals surface area contributed by atoms with Crippen LogP contribution in [0.25, 0.3) is 0 Å². The van der Waals surface area contributed by atoms with Gasteiger partial charge in [0.2, 0.25) is 0 Å². The van der Waals surface area contributed by atoms with E-state index in [1.54, 1.807) is 13.8 Å². The predicted molar refractivity (Wildman–Crippen MR) is 70.1 cm³/mol. The highest BCUT2D eigenvalue weighted by atomic mass is 16.7. The average Bonchev–Trinajstić information content (AvgIpc) is 2.35. The number of hydrogen-bond donors (Lipinski definition) is 0. The minimum absolute atomic E-state index is 0.711. The zero-order chi connectivity index (χ0) is 13.4. The molecule has 96 valence electrons. The molecular formula is C15H18O3. The van der Waals surface area contributed by atoms with Crippen LogP contribution in [0.4, 0.5) is 4.79 Å². The van der Waals surface area contributed by atoms with E-state index in [9.17, 15) is 4.79 Å². The third-order valence-electron chi connectivity index (χ3n) is 2.28. The van der Waals surface area contributed by atoms with Gasteiger partial charge in [-0.3, -0.25) is 0 Å². The molecule has 0 fully saturated rings. The number of benzene rings is 1. The van der Waals surface area contributed by atoms with Crippen LogP contribution in [0.1, 0.15) is 25.8 Å². The fourth-order valence-electron chi connectivity index (χ4n) is 1.40. The molecule has 0 aliphatic heterocycles. The van der Waals surface area contributed by atoms with Crippen LogP contribution in [0.2, 0.25) is 0 Å². The quantitative estimate of drug-likeness (QED) is 0.607. The first-order valence-electron chi connectivity index (χ1n) is 5.84. The zero-order valence-electron chi connectivity index (χ0n) is 11.0. The molecule has 0 aliphatic carbocycles. The number of rotatable bonds is 3. The highest BCUT2D eigenvalue weighted by Gasteiger charge is 2.19. The van der Waals surface area contributed by atoms with Crippen molar-refractivity contribution in [1.29, 1.82) is 0 Å². The van der Waals surface area contributed by atoms with Crippen LogP contribution in [-0.2, 0) is 15.9 Å². The summed E-state index contributed by atoms with van der Waals surface area (Å²) in [7, 11) is 1.28. The number of ether oxygens (including phenoxy) is 2. The number of hydrogen-bond acceptors (Lipinski definition) is 3. The van der Waals surface area contributed by atoms with Crippen LogP contribution in [0.15, 0.2) is 30.3 Å². The standard InChI is InChI=1S/C15H18O3/c1-15(2,18-14(16)17-3)12-8-7-11-13-9-5-4-6-10-13/h4-6,9-10H,7,11H2,1-3H3. The maximum atomic E-state index is 11.0. The molecule has 1 rings (SSSR count). The zero-order valence-corrected chi connectivity index (χ0v) is 11.0. The topological polar surface area (TPSA) is 35.5 Å². The van der Waals surface area contributed by atoms with E-state index in [-0.39, 0.29) is 0 Å². The second kappa shape index (κ2) is 6.70. The second-order valence-electron chi connectivity index (χ2n) is 4.35. The molecule has 18 heavy (non-hydrogen) atoms. The van der Waals surface area contributed by atoms with E-state index in [4.69, 9.17) is 4.74 Å². The Morgan fingerprint density at radius 1 is 1.28 bits per heavy atom. The van der Waals surface area contributed by atoms with Gasteiger partial charge in [0.25, 0.3) is 0 Å². The van der Waals surface area contributed by atoms with Crippen LogP contribution in [-0.4, -0.2) is 18.9 Å². The molecule has 0 unspecified atom stereocenters. The number of aryl methyl sites for hydroxylation is 1. The fraction of sp³-hybridized carbons (Fsp3) is 0.400. The Balaban J connectivity index is 2.43. The smallest absolute Gasteiger partial charge is 0.438 e. The van der Waals surface area contributed by atoms with Crippen molar-refractivity contribution in [2.45, 2.75) is 32.3 Å². The molecule has 0 saturated heterocycles. The van der Waals surface area contributed by atoms with Crippen LogP contribution in [0.3, 0.4) is 0 Å². The first-order chi connectivity index (χ1) is 8.53. The normalized spacial score (nSPS) is 10.2. The molecule has 3 nitrogen and oxygen atoms in total. The Morgan fingerprint density at radius 2 is 1.94 bits per heavy atom. The van der Waals surface area contributed by atoms with Crippen molar-refractivity contribution in [2.24, 2.45) is 0 Å². The number of carbonyl (C=O) groups excluding carboxylic acids is 1. The Labute approximate surface area is 108 Å². The summed E-state index contributed by atoms with van der Waals surface area (Å²) in [6.07, 6.45) is 0.914. The fourth-order valence-corrected chi connectivity index (χ4v) is 1.40. The average molecular weight is 246 g/mol. The van der Waals surface area contributed by atoms with E-state index in [2.05, 4.69) is 28.7 Å². The molecule has 0 aromatic heterocycles.